The van der Waals surface area contributed by atoms with Crippen LogP contribution in [0.3, 0.4) is 0 Å². The third-order valence-electron chi connectivity index (χ3n) is 2.57. The van der Waals surface area contributed by atoms with Crippen molar-refractivity contribution in [1.82, 2.24) is 14.6 Å². The molecule has 0 aliphatic carbocycles. The van der Waals surface area contributed by atoms with E-state index in [-0.39, 0.29) is 0 Å². The second-order valence-corrected chi connectivity index (χ2v) is 4.51. The van der Waals surface area contributed by atoms with Crippen molar-refractivity contribution in [2.24, 2.45) is 0 Å². The number of rotatable bonds is 2. The summed E-state index contributed by atoms with van der Waals surface area (Å²) in [5.74, 6) is 0.593. The van der Waals surface area contributed by atoms with Crippen molar-refractivity contribution in [3.63, 3.8) is 0 Å². The predicted molar refractivity (Wildman–Crippen MR) is 68.8 cm³/mol. The van der Waals surface area contributed by atoms with Crippen LogP contribution < -0.4 is 4.74 Å². The Morgan fingerprint density at radius 1 is 1.35 bits per heavy atom. The van der Waals surface area contributed by atoms with Crippen LogP contribution in [-0.4, -0.2) is 21.7 Å². The fourth-order valence-corrected chi connectivity index (χ4v) is 2.71. The summed E-state index contributed by atoms with van der Waals surface area (Å²) in [4.78, 5) is 0. The topological polar surface area (TPSA) is 50.8 Å². The van der Waals surface area contributed by atoms with Crippen molar-refractivity contribution in [3.8, 4) is 17.0 Å². The number of benzene rings is 1. The predicted octanol–water partition coefficient (Wildman–Crippen LogP) is 3.35. The van der Waals surface area contributed by atoms with Gasteiger partial charge in [0, 0.05) is 16.3 Å². The summed E-state index contributed by atoms with van der Waals surface area (Å²) < 4.78 is 9.36. The summed E-state index contributed by atoms with van der Waals surface area (Å²) in [6.45, 7) is 0. The number of fused-ring (bicyclic) bond motifs is 1. The fraction of sp³-hybridized carbons (Fsp3) is 0.0909. The number of hydrogen-bond acceptors (Lipinski definition) is 4. The molecular weight excluding hydrogens is 258 g/mol. The van der Waals surface area contributed by atoms with Crippen molar-refractivity contribution in [1.29, 1.82) is 0 Å². The van der Waals surface area contributed by atoms with Crippen LogP contribution in [0.5, 0.6) is 5.88 Å². The minimum absolute atomic E-state index is 0.593. The van der Waals surface area contributed by atoms with Gasteiger partial charge in [0.05, 0.1) is 29.4 Å². The van der Waals surface area contributed by atoms with E-state index in [1.54, 1.807) is 13.3 Å². The number of methoxy groups -OCH3 is 1. The summed E-state index contributed by atoms with van der Waals surface area (Å²) in [6.07, 6.45) is 1.74. The molecule has 0 aliphatic rings. The lowest BCUT2D eigenvalue weighted by Gasteiger charge is -2.04. The Hall–Kier alpha value is -1.59. The minimum Gasteiger partial charge on any atom is -0.480 e. The van der Waals surface area contributed by atoms with E-state index < -0.39 is 0 Å². The Morgan fingerprint density at radius 3 is 3.06 bits per heavy atom. The lowest BCUT2D eigenvalue weighted by atomic mass is 10.1. The molecule has 0 saturated carbocycles. The zero-order valence-corrected chi connectivity index (χ0v) is 10.5. The maximum atomic E-state index is 6.35. The number of H-pyrrole nitrogens is 1. The molecule has 0 aliphatic heterocycles. The molecule has 3 rings (SSSR count). The zero-order chi connectivity index (χ0) is 11.8. The molecule has 2 heterocycles. The van der Waals surface area contributed by atoms with Gasteiger partial charge in [-0.1, -0.05) is 23.7 Å². The first-order chi connectivity index (χ1) is 8.31. The average Bonchev–Trinajstić information content (AvgIpc) is 2.97. The lowest BCUT2D eigenvalue weighted by molar-refractivity contribution is 0.404. The monoisotopic (exact) mass is 265 g/mol. The zero-order valence-electron chi connectivity index (χ0n) is 8.90. The lowest BCUT2D eigenvalue weighted by Crippen LogP contribution is -1.86. The number of hydrogen-bond donors (Lipinski definition) is 1. The van der Waals surface area contributed by atoms with E-state index in [0.29, 0.717) is 10.9 Å². The number of aromatic nitrogens is 3. The van der Waals surface area contributed by atoms with E-state index in [2.05, 4.69) is 14.6 Å². The number of aromatic amines is 1. The highest BCUT2D eigenvalue weighted by atomic mass is 35.5. The van der Waals surface area contributed by atoms with E-state index >= 15 is 0 Å². The molecule has 17 heavy (non-hydrogen) atoms. The van der Waals surface area contributed by atoms with Gasteiger partial charge in [-0.05, 0) is 11.5 Å². The Bertz CT molecular complexity index is 676. The number of nitrogens with zero attached hydrogens (tertiary/aromatic N) is 2. The SMILES string of the molecule is COc1nscc1-c1ccc2cn[nH]c2c1Cl. The summed E-state index contributed by atoms with van der Waals surface area (Å²) >= 11 is 7.70. The van der Waals surface area contributed by atoms with Gasteiger partial charge in [0.1, 0.15) is 0 Å². The maximum Gasteiger partial charge on any atom is 0.232 e. The first kappa shape index (κ1) is 10.6. The highest BCUT2D eigenvalue weighted by Crippen LogP contribution is 2.38. The number of halogens is 1. The highest BCUT2D eigenvalue weighted by molar-refractivity contribution is 7.04. The minimum atomic E-state index is 0.593. The molecule has 3 aromatic rings. The second-order valence-electron chi connectivity index (χ2n) is 3.50. The van der Waals surface area contributed by atoms with Crippen LogP contribution in [0.15, 0.2) is 23.7 Å². The summed E-state index contributed by atoms with van der Waals surface area (Å²) in [5, 5.41) is 10.4. The normalized spacial score (nSPS) is 10.9. The van der Waals surface area contributed by atoms with Crippen molar-refractivity contribution in [2.75, 3.05) is 7.11 Å². The van der Waals surface area contributed by atoms with Crippen molar-refractivity contribution < 1.29 is 4.74 Å². The molecule has 1 aromatic carbocycles. The molecule has 0 atom stereocenters. The van der Waals surface area contributed by atoms with Crippen LogP contribution in [0.2, 0.25) is 5.02 Å². The Kier molecular flexibility index (Phi) is 2.49. The largest absolute Gasteiger partial charge is 0.480 e. The van der Waals surface area contributed by atoms with Crippen molar-refractivity contribution >= 4 is 34.0 Å². The van der Waals surface area contributed by atoms with Gasteiger partial charge in [0.15, 0.2) is 0 Å². The Morgan fingerprint density at radius 2 is 2.24 bits per heavy atom. The molecule has 0 amide bonds. The van der Waals surface area contributed by atoms with Crippen LogP contribution in [0.1, 0.15) is 0 Å². The molecule has 6 heteroatoms. The first-order valence-corrected chi connectivity index (χ1v) is 6.13. The number of ether oxygens (including phenoxy) is 1. The standard InChI is InChI=1S/C11H8ClN3OS/c1-16-11-8(5-17-15-11)7-3-2-6-4-13-14-10(6)9(7)12/h2-5H,1H3,(H,13,14). The summed E-state index contributed by atoms with van der Waals surface area (Å²) in [7, 11) is 1.60. The first-order valence-electron chi connectivity index (χ1n) is 4.91. The van der Waals surface area contributed by atoms with Gasteiger partial charge in [0.25, 0.3) is 0 Å². The van der Waals surface area contributed by atoms with Gasteiger partial charge in [0.2, 0.25) is 5.88 Å². The summed E-state index contributed by atoms with van der Waals surface area (Å²) in [6, 6.07) is 3.92. The van der Waals surface area contributed by atoms with Crippen LogP contribution in [0.25, 0.3) is 22.0 Å². The van der Waals surface area contributed by atoms with E-state index in [0.717, 1.165) is 22.0 Å². The molecule has 0 spiro atoms. The Labute approximate surface area is 106 Å². The van der Waals surface area contributed by atoms with Crippen molar-refractivity contribution in [2.45, 2.75) is 0 Å². The molecular formula is C11H8ClN3OS. The smallest absolute Gasteiger partial charge is 0.232 e. The fourth-order valence-electron chi connectivity index (χ4n) is 1.74. The van der Waals surface area contributed by atoms with Crippen LogP contribution in [0.4, 0.5) is 0 Å². The molecule has 0 bridgehead atoms. The van der Waals surface area contributed by atoms with Crippen molar-refractivity contribution in [3.05, 3.63) is 28.7 Å². The van der Waals surface area contributed by atoms with Gasteiger partial charge in [-0.2, -0.15) is 9.47 Å². The molecule has 0 saturated heterocycles. The van der Waals surface area contributed by atoms with Crippen LogP contribution in [-0.2, 0) is 0 Å². The third-order valence-corrected chi connectivity index (χ3v) is 3.58. The third kappa shape index (κ3) is 1.59. The summed E-state index contributed by atoms with van der Waals surface area (Å²) in [5.41, 5.74) is 2.63. The van der Waals surface area contributed by atoms with Gasteiger partial charge in [-0.3, -0.25) is 5.10 Å². The number of nitrogens with one attached hydrogen (secondary N) is 1. The van der Waals surface area contributed by atoms with E-state index in [4.69, 9.17) is 16.3 Å². The molecule has 4 nitrogen and oxygen atoms in total. The molecule has 0 unspecified atom stereocenters. The average molecular weight is 266 g/mol. The van der Waals surface area contributed by atoms with E-state index in [1.807, 2.05) is 17.5 Å². The van der Waals surface area contributed by atoms with Gasteiger partial charge in [-0.15, -0.1) is 0 Å². The molecule has 2 aromatic heterocycles. The van der Waals surface area contributed by atoms with Crippen LogP contribution in [0, 0.1) is 0 Å². The van der Waals surface area contributed by atoms with Gasteiger partial charge in [-0.25, -0.2) is 0 Å². The van der Waals surface area contributed by atoms with Gasteiger partial charge >= 0.3 is 0 Å². The molecule has 0 fully saturated rings. The maximum absolute atomic E-state index is 6.35. The van der Waals surface area contributed by atoms with Gasteiger partial charge < -0.3 is 4.74 Å². The highest BCUT2D eigenvalue weighted by Gasteiger charge is 2.14. The molecule has 1 N–H and O–H groups in total. The quantitative estimate of drug-likeness (QED) is 0.773. The van der Waals surface area contributed by atoms with E-state index in [9.17, 15) is 0 Å². The van der Waals surface area contributed by atoms with E-state index in [1.165, 1.54) is 11.5 Å². The van der Waals surface area contributed by atoms with Crippen LogP contribution >= 0.6 is 23.1 Å². The Balaban J connectivity index is 2.27. The molecule has 0 radical (unpaired) electrons. The molecule has 86 valence electrons. The second kappa shape index (κ2) is 4.01.